The van der Waals surface area contributed by atoms with E-state index in [-0.39, 0.29) is 22.5 Å². The van der Waals surface area contributed by atoms with Crippen LogP contribution in [0.3, 0.4) is 0 Å². The van der Waals surface area contributed by atoms with Gasteiger partial charge in [-0.15, -0.1) is 0 Å². The van der Waals surface area contributed by atoms with Crippen molar-refractivity contribution < 1.29 is 22.7 Å². The summed E-state index contributed by atoms with van der Waals surface area (Å²) in [4.78, 5) is 20.8. The van der Waals surface area contributed by atoms with Gasteiger partial charge in [0.2, 0.25) is 16.6 Å². The van der Waals surface area contributed by atoms with Crippen molar-refractivity contribution >= 4 is 15.7 Å². The molecule has 2 fully saturated rings. The Bertz CT molecular complexity index is 1540. The largest absolute Gasteiger partial charge is 0.454 e. The molecular weight excluding hydrogens is 550 g/mol. The highest BCUT2D eigenvalue weighted by atomic mass is 32.2. The van der Waals surface area contributed by atoms with Crippen molar-refractivity contribution in [2.24, 2.45) is 0 Å². The second kappa shape index (κ2) is 11.7. The summed E-state index contributed by atoms with van der Waals surface area (Å²) in [6.45, 7) is 11.7. The zero-order chi connectivity index (χ0) is 29.4. The molecule has 0 radical (unpaired) electrons. The van der Waals surface area contributed by atoms with Crippen molar-refractivity contribution in [2.75, 3.05) is 39.5 Å². The Morgan fingerprint density at radius 3 is 2.21 bits per heavy atom. The highest BCUT2D eigenvalue weighted by Gasteiger charge is 2.32. The first kappa shape index (κ1) is 28.7. The van der Waals surface area contributed by atoms with Gasteiger partial charge in [0.15, 0.2) is 11.5 Å². The monoisotopic (exact) mass is 589 g/mol. The molecular formula is C33H39N3O5S. The Kier molecular flexibility index (Phi) is 8.00. The predicted octanol–water partition coefficient (Wildman–Crippen LogP) is 4.68. The van der Waals surface area contributed by atoms with E-state index in [4.69, 9.17) is 9.47 Å². The molecule has 1 amide bonds. The number of aryl methyl sites for hydroxylation is 2. The standard InChI is InChI=1S/C33H39N3O5S/c1-23-5-4-6-24(2)32(23)33(37)34-15-13-27(14-16-34)36-18-17-35(25(3)20-36)21-26-7-9-28(10-8-26)42(38,39)29-11-12-30-31(19-29)41-22-40-30/h4-12,19,25,27H,13-18,20-22H2,1-3H3/t25-/m0/s1. The highest BCUT2D eigenvalue weighted by molar-refractivity contribution is 7.91. The molecule has 2 saturated heterocycles. The summed E-state index contributed by atoms with van der Waals surface area (Å²) >= 11 is 0. The number of hydrogen-bond donors (Lipinski definition) is 0. The third-order valence-corrected chi connectivity index (χ3v) is 10.8. The smallest absolute Gasteiger partial charge is 0.254 e. The van der Waals surface area contributed by atoms with Crippen LogP contribution in [0.2, 0.25) is 0 Å². The van der Waals surface area contributed by atoms with Crippen LogP contribution in [0.1, 0.15) is 46.8 Å². The van der Waals surface area contributed by atoms with Crippen LogP contribution in [0.4, 0.5) is 0 Å². The Morgan fingerprint density at radius 2 is 1.52 bits per heavy atom. The Morgan fingerprint density at radius 1 is 0.857 bits per heavy atom. The zero-order valence-electron chi connectivity index (χ0n) is 24.6. The van der Waals surface area contributed by atoms with Crippen LogP contribution in [-0.2, 0) is 16.4 Å². The first-order valence-electron chi connectivity index (χ1n) is 14.8. The first-order chi connectivity index (χ1) is 20.2. The summed E-state index contributed by atoms with van der Waals surface area (Å²) in [5.74, 6) is 1.18. The van der Waals surface area contributed by atoms with Crippen LogP contribution in [0, 0.1) is 13.8 Å². The fourth-order valence-electron chi connectivity index (χ4n) is 6.52. The molecule has 0 aliphatic carbocycles. The van der Waals surface area contributed by atoms with E-state index in [1.54, 1.807) is 24.3 Å². The third-order valence-electron chi connectivity index (χ3n) is 9.03. The molecule has 0 aromatic heterocycles. The number of sulfone groups is 1. The summed E-state index contributed by atoms with van der Waals surface area (Å²) in [6.07, 6.45) is 2.01. The number of carbonyl (C=O) groups is 1. The van der Waals surface area contributed by atoms with Gasteiger partial charge in [-0.1, -0.05) is 30.3 Å². The minimum Gasteiger partial charge on any atom is -0.454 e. The number of likely N-dealkylation sites (tertiary alicyclic amines) is 1. The second-order valence-electron chi connectivity index (χ2n) is 11.8. The Hall–Kier alpha value is -3.40. The lowest BCUT2D eigenvalue weighted by Gasteiger charge is -2.45. The average Bonchev–Trinajstić information content (AvgIpc) is 3.47. The zero-order valence-corrected chi connectivity index (χ0v) is 25.4. The summed E-state index contributed by atoms with van der Waals surface area (Å²) < 4.78 is 37.1. The second-order valence-corrected chi connectivity index (χ2v) is 13.7. The van der Waals surface area contributed by atoms with E-state index in [0.717, 1.165) is 74.4 Å². The molecule has 42 heavy (non-hydrogen) atoms. The predicted molar refractivity (Wildman–Crippen MR) is 161 cm³/mol. The summed E-state index contributed by atoms with van der Waals surface area (Å²) in [5.41, 5.74) is 4.05. The molecule has 3 aliphatic heterocycles. The molecule has 3 aliphatic rings. The molecule has 6 rings (SSSR count). The number of nitrogens with zero attached hydrogens (tertiary/aromatic N) is 3. The van der Waals surface area contributed by atoms with Gasteiger partial charge in [0.25, 0.3) is 5.91 Å². The van der Waals surface area contributed by atoms with Crippen molar-refractivity contribution in [1.82, 2.24) is 14.7 Å². The summed E-state index contributed by atoms with van der Waals surface area (Å²) in [6, 6.07) is 18.9. The van der Waals surface area contributed by atoms with Crippen LogP contribution in [0.15, 0.2) is 70.5 Å². The van der Waals surface area contributed by atoms with Crippen LogP contribution >= 0.6 is 0 Å². The topological polar surface area (TPSA) is 79.4 Å². The maximum atomic E-state index is 13.2. The molecule has 8 nitrogen and oxygen atoms in total. The number of ether oxygens (including phenoxy) is 2. The fourth-order valence-corrected chi connectivity index (χ4v) is 7.80. The first-order valence-corrected chi connectivity index (χ1v) is 16.3. The van der Waals surface area contributed by atoms with Gasteiger partial charge in [-0.25, -0.2) is 8.42 Å². The van der Waals surface area contributed by atoms with Crippen LogP contribution < -0.4 is 9.47 Å². The molecule has 0 saturated carbocycles. The number of amides is 1. The molecule has 0 N–H and O–H groups in total. The van der Waals surface area contributed by atoms with Gasteiger partial charge in [0.1, 0.15) is 0 Å². The highest BCUT2D eigenvalue weighted by Crippen LogP contribution is 2.35. The van der Waals surface area contributed by atoms with Crippen molar-refractivity contribution in [2.45, 2.75) is 62.0 Å². The number of piperidine rings is 1. The Labute approximate surface area is 248 Å². The number of fused-ring (bicyclic) bond motifs is 1. The molecule has 0 bridgehead atoms. The number of benzene rings is 3. The molecule has 9 heteroatoms. The Balaban J connectivity index is 1.02. The lowest BCUT2D eigenvalue weighted by Crippen LogP contribution is -2.56. The van der Waals surface area contributed by atoms with Gasteiger partial charge >= 0.3 is 0 Å². The van der Waals surface area contributed by atoms with Gasteiger partial charge < -0.3 is 14.4 Å². The summed E-state index contributed by atoms with van der Waals surface area (Å²) in [5, 5.41) is 0. The van der Waals surface area contributed by atoms with E-state index in [0.29, 0.717) is 23.6 Å². The lowest BCUT2D eigenvalue weighted by molar-refractivity contribution is 0.0259. The van der Waals surface area contributed by atoms with Gasteiger partial charge in [0.05, 0.1) is 9.79 Å². The molecule has 222 valence electrons. The molecule has 3 aromatic rings. The number of piperazine rings is 1. The van der Waals surface area contributed by atoms with Crippen molar-refractivity contribution in [3.63, 3.8) is 0 Å². The van der Waals surface area contributed by atoms with Gasteiger partial charge in [-0.3, -0.25) is 14.6 Å². The van der Waals surface area contributed by atoms with E-state index >= 15 is 0 Å². The molecule has 0 spiro atoms. The average molecular weight is 590 g/mol. The fraction of sp³-hybridized carbons (Fsp3) is 0.424. The van der Waals surface area contributed by atoms with Crippen molar-refractivity contribution in [3.8, 4) is 11.5 Å². The molecule has 3 aromatic carbocycles. The number of rotatable bonds is 6. The quantitative estimate of drug-likeness (QED) is 0.413. The molecule has 1 atom stereocenters. The number of hydrogen-bond acceptors (Lipinski definition) is 7. The van der Waals surface area contributed by atoms with E-state index in [9.17, 15) is 13.2 Å². The minimum absolute atomic E-state index is 0.106. The maximum absolute atomic E-state index is 13.2. The van der Waals surface area contributed by atoms with Crippen molar-refractivity contribution in [1.29, 1.82) is 0 Å². The normalized spacial score (nSPS) is 20.2. The molecule has 0 unspecified atom stereocenters. The van der Waals surface area contributed by atoms with Gasteiger partial charge in [-0.2, -0.15) is 0 Å². The molecule has 3 heterocycles. The SMILES string of the molecule is Cc1cccc(C)c1C(=O)N1CCC(N2CCN(Cc3ccc(S(=O)(=O)c4ccc5c(c4)OCO5)cc3)[C@@H](C)C2)CC1. The van der Waals surface area contributed by atoms with Crippen molar-refractivity contribution in [3.05, 3.63) is 82.9 Å². The van der Waals surface area contributed by atoms with E-state index in [1.165, 1.54) is 6.07 Å². The number of carbonyl (C=O) groups excluding carboxylic acids is 1. The van der Waals surface area contributed by atoms with E-state index < -0.39 is 9.84 Å². The summed E-state index contributed by atoms with van der Waals surface area (Å²) in [7, 11) is -3.65. The van der Waals surface area contributed by atoms with Crippen LogP contribution in [0.25, 0.3) is 0 Å². The maximum Gasteiger partial charge on any atom is 0.254 e. The minimum atomic E-state index is -3.65. The van der Waals surface area contributed by atoms with E-state index in [1.807, 2.05) is 49.1 Å². The van der Waals surface area contributed by atoms with Crippen LogP contribution in [0.5, 0.6) is 11.5 Å². The third kappa shape index (κ3) is 5.65. The van der Waals surface area contributed by atoms with E-state index in [2.05, 4.69) is 16.7 Å². The lowest BCUT2D eigenvalue weighted by atomic mass is 9.97. The van der Waals surface area contributed by atoms with Crippen LogP contribution in [-0.4, -0.2) is 80.6 Å². The van der Waals surface area contributed by atoms with Gasteiger partial charge in [-0.05, 0) is 74.6 Å². The van der Waals surface area contributed by atoms with Gasteiger partial charge in [0, 0.05) is 63.0 Å².